The summed E-state index contributed by atoms with van der Waals surface area (Å²) in [5.74, 6) is 0.386. The van der Waals surface area contributed by atoms with Gasteiger partial charge in [0.2, 0.25) is 0 Å². The molecule has 1 N–H and O–H groups in total. The smallest absolute Gasteiger partial charge is 0.175 e. The number of halogens is 1. The first-order valence-corrected chi connectivity index (χ1v) is 11.8. The van der Waals surface area contributed by atoms with Gasteiger partial charge in [0.15, 0.2) is 27.1 Å². The number of nitrogens with one attached hydrogen (secondary N) is 1. The molecule has 0 aliphatic carbocycles. The highest BCUT2D eigenvalue weighted by molar-refractivity contribution is 7.90. The number of hydrogen-bond donors (Lipinski definition) is 1. The summed E-state index contributed by atoms with van der Waals surface area (Å²) in [5, 5.41) is 7.98. The molecule has 2 aromatic heterocycles. The van der Waals surface area contributed by atoms with E-state index in [1.807, 2.05) is 19.9 Å². The maximum Gasteiger partial charge on any atom is 0.175 e. The molecule has 0 spiro atoms. The van der Waals surface area contributed by atoms with Crippen molar-refractivity contribution < 1.29 is 17.5 Å². The van der Waals surface area contributed by atoms with Gasteiger partial charge in [0.1, 0.15) is 5.82 Å². The van der Waals surface area contributed by atoms with Crippen LogP contribution >= 0.6 is 0 Å². The highest BCUT2D eigenvalue weighted by Gasteiger charge is 2.18. The Kier molecular flexibility index (Phi) is 5.60. The molecule has 0 amide bonds. The van der Waals surface area contributed by atoms with Crippen LogP contribution in [0.2, 0.25) is 0 Å². The molecule has 4 rings (SSSR count). The number of nitrogens with zero attached hydrogens (tertiary/aromatic N) is 3. The summed E-state index contributed by atoms with van der Waals surface area (Å²) in [7, 11) is -1.88. The van der Waals surface area contributed by atoms with Crippen molar-refractivity contribution in [1.29, 1.82) is 0 Å². The number of benzene rings is 2. The minimum Gasteiger partial charge on any atom is -0.494 e. The zero-order chi connectivity index (χ0) is 23.0. The Morgan fingerprint density at radius 2 is 1.94 bits per heavy atom. The molecule has 32 heavy (non-hydrogen) atoms. The predicted molar refractivity (Wildman–Crippen MR) is 121 cm³/mol. The molecule has 1 atom stereocenters. The molecule has 4 aromatic rings. The van der Waals surface area contributed by atoms with E-state index < -0.39 is 15.7 Å². The van der Waals surface area contributed by atoms with Gasteiger partial charge in [0.25, 0.3) is 0 Å². The monoisotopic (exact) mass is 454 g/mol. The van der Waals surface area contributed by atoms with Crippen molar-refractivity contribution in [2.45, 2.75) is 24.8 Å². The van der Waals surface area contributed by atoms with E-state index in [0.29, 0.717) is 22.7 Å². The van der Waals surface area contributed by atoms with Crippen LogP contribution in [-0.2, 0) is 9.84 Å². The standard InChI is InChI=1S/C23H23FN4O3S/c1-14(16-6-5-7-18(12-16)32(4,29)30)26-21-10-11-25-23-22(15(2)27-28(21)23)17-8-9-20(31-3)19(24)13-17/h5-14,26H,1-4H3. The van der Waals surface area contributed by atoms with Crippen LogP contribution in [0.5, 0.6) is 5.75 Å². The molecule has 0 fully saturated rings. The number of sulfone groups is 1. The van der Waals surface area contributed by atoms with E-state index in [0.717, 1.165) is 11.1 Å². The second kappa shape index (κ2) is 8.23. The number of ether oxygens (including phenoxy) is 1. The summed E-state index contributed by atoms with van der Waals surface area (Å²) in [5.41, 5.74) is 3.47. The molecule has 7 nitrogen and oxygen atoms in total. The average molecular weight is 455 g/mol. The number of aryl methyl sites for hydroxylation is 1. The minimum absolute atomic E-state index is 0.170. The van der Waals surface area contributed by atoms with Gasteiger partial charge in [-0.3, -0.25) is 0 Å². The van der Waals surface area contributed by atoms with Crippen molar-refractivity contribution >= 4 is 21.3 Å². The molecular weight excluding hydrogens is 431 g/mol. The lowest BCUT2D eigenvalue weighted by Crippen LogP contribution is -2.11. The predicted octanol–water partition coefficient (Wildman–Crippen LogP) is 4.43. The summed E-state index contributed by atoms with van der Waals surface area (Å²) >= 11 is 0. The quantitative estimate of drug-likeness (QED) is 0.464. The number of hydrogen-bond acceptors (Lipinski definition) is 6. The molecule has 0 radical (unpaired) electrons. The largest absolute Gasteiger partial charge is 0.494 e. The van der Waals surface area contributed by atoms with Crippen LogP contribution in [0.1, 0.15) is 24.2 Å². The first-order chi connectivity index (χ1) is 15.2. The molecule has 2 aromatic carbocycles. The Labute approximate surface area is 185 Å². The Balaban J connectivity index is 1.73. The molecule has 0 bridgehead atoms. The second-order valence-corrected chi connectivity index (χ2v) is 9.60. The van der Waals surface area contributed by atoms with E-state index in [-0.39, 0.29) is 16.7 Å². The van der Waals surface area contributed by atoms with E-state index in [1.165, 1.54) is 19.4 Å². The van der Waals surface area contributed by atoms with E-state index in [1.54, 1.807) is 47.1 Å². The number of anilines is 1. The summed E-state index contributed by atoms with van der Waals surface area (Å²) in [6.45, 7) is 3.78. The minimum atomic E-state index is -3.30. The third-order valence-corrected chi connectivity index (χ3v) is 6.39. The third kappa shape index (κ3) is 4.03. The van der Waals surface area contributed by atoms with Crippen molar-refractivity contribution in [2.24, 2.45) is 0 Å². The molecule has 166 valence electrons. The van der Waals surface area contributed by atoms with Gasteiger partial charge in [-0.05, 0) is 55.3 Å². The molecular formula is C23H23FN4O3S. The number of methoxy groups -OCH3 is 1. The number of aromatic nitrogens is 3. The first-order valence-electron chi connectivity index (χ1n) is 9.94. The fourth-order valence-electron chi connectivity index (χ4n) is 3.64. The van der Waals surface area contributed by atoms with Crippen LogP contribution in [0.4, 0.5) is 10.2 Å². The van der Waals surface area contributed by atoms with Crippen LogP contribution in [-0.4, -0.2) is 36.4 Å². The van der Waals surface area contributed by atoms with Crippen LogP contribution in [0.25, 0.3) is 16.8 Å². The fourth-order valence-corrected chi connectivity index (χ4v) is 4.32. The summed E-state index contributed by atoms with van der Waals surface area (Å²) in [4.78, 5) is 4.73. The second-order valence-electron chi connectivity index (χ2n) is 7.59. The van der Waals surface area contributed by atoms with Crippen LogP contribution < -0.4 is 10.1 Å². The van der Waals surface area contributed by atoms with Crippen molar-refractivity contribution in [3.05, 3.63) is 71.8 Å². The van der Waals surface area contributed by atoms with E-state index in [9.17, 15) is 12.8 Å². The number of rotatable bonds is 6. The van der Waals surface area contributed by atoms with Gasteiger partial charge in [0, 0.05) is 24.1 Å². The maximum absolute atomic E-state index is 14.3. The van der Waals surface area contributed by atoms with E-state index in [4.69, 9.17) is 4.74 Å². The summed E-state index contributed by atoms with van der Waals surface area (Å²) < 4.78 is 44.8. The number of fused-ring (bicyclic) bond motifs is 1. The lowest BCUT2D eigenvalue weighted by molar-refractivity contribution is 0.386. The average Bonchev–Trinajstić information content (AvgIpc) is 3.10. The lowest BCUT2D eigenvalue weighted by atomic mass is 10.1. The topological polar surface area (TPSA) is 85.6 Å². The van der Waals surface area contributed by atoms with Gasteiger partial charge in [0.05, 0.1) is 17.7 Å². The molecule has 2 heterocycles. The highest BCUT2D eigenvalue weighted by Crippen LogP contribution is 2.32. The maximum atomic E-state index is 14.3. The zero-order valence-corrected chi connectivity index (χ0v) is 18.9. The molecule has 1 unspecified atom stereocenters. The Bertz CT molecular complexity index is 1420. The van der Waals surface area contributed by atoms with Gasteiger partial charge >= 0.3 is 0 Å². The third-order valence-electron chi connectivity index (χ3n) is 5.28. The SMILES string of the molecule is COc1ccc(-c2c(C)nn3c(NC(C)c4cccc(S(C)(=O)=O)c4)ccnc23)cc1F. The molecule has 0 saturated carbocycles. The van der Waals surface area contributed by atoms with Crippen molar-refractivity contribution in [3.63, 3.8) is 0 Å². The zero-order valence-electron chi connectivity index (χ0n) is 18.1. The Morgan fingerprint density at radius 3 is 2.62 bits per heavy atom. The lowest BCUT2D eigenvalue weighted by Gasteiger charge is -2.17. The van der Waals surface area contributed by atoms with Gasteiger partial charge < -0.3 is 10.1 Å². The van der Waals surface area contributed by atoms with E-state index >= 15 is 0 Å². The summed E-state index contributed by atoms with van der Waals surface area (Å²) in [6, 6.07) is 13.2. The molecule has 9 heteroatoms. The summed E-state index contributed by atoms with van der Waals surface area (Å²) in [6.07, 6.45) is 2.84. The molecule has 0 aliphatic heterocycles. The van der Waals surface area contributed by atoms with Gasteiger partial charge in [-0.15, -0.1) is 0 Å². The van der Waals surface area contributed by atoms with Crippen LogP contribution in [0.3, 0.4) is 0 Å². The van der Waals surface area contributed by atoms with Gasteiger partial charge in [-0.1, -0.05) is 18.2 Å². The highest BCUT2D eigenvalue weighted by atomic mass is 32.2. The van der Waals surface area contributed by atoms with Crippen LogP contribution in [0.15, 0.2) is 59.6 Å². The van der Waals surface area contributed by atoms with Gasteiger partial charge in [-0.2, -0.15) is 9.61 Å². The van der Waals surface area contributed by atoms with Gasteiger partial charge in [-0.25, -0.2) is 17.8 Å². The van der Waals surface area contributed by atoms with Crippen molar-refractivity contribution in [2.75, 3.05) is 18.7 Å². The molecule has 0 saturated heterocycles. The normalized spacial score (nSPS) is 12.7. The van der Waals surface area contributed by atoms with E-state index in [2.05, 4.69) is 15.4 Å². The van der Waals surface area contributed by atoms with Crippen LogP contribution in [0, 0.1) is 12.7 Å². The first kappa shape index (κ1) is 21.8. The van der Waals surface area contributed by atoms with Crippen molar-refractivity contribution in [1.82, 2.24) is 14.6 Å². The van der Waals surface area contributed by atoms with Crippen molar-refractivity contribution in [3.8, 4) is 16.9 Å². The Morgan fingerprint density at radius 1 is 1.16 bits per heavy atom. The molecule has 0 aliphatic rings. The fraction of sp³-hybridized carbons (Fsp3) is 0.217. The Hall–Kier alpha value is -3.46.